The second kappa shape index (κ2) is 6.19. The van der Waals surface area contributed by atoms with Crippen molar-refractivity contribution in [3.05, 3.63) is 68.8 Å². The van der Waals surface area contributed by atoms with E-state index in [2.05, 4.69) is 59.1 Å². The van der Waals surface area contributed by atoms with E-state index < -0.39 is 0 Å². The summed E-state index contributed by atoms with van der Waals surface area (Å²) >= 11 is 2.18. The molecule has 0 heterocycles. The molecule has 0 aliphatic heterocycles. The third-order valence-corrected chi connectivity index (χ3v) is 3.98. The van der Waals surface area contributed by atoms with Crippen molar-refractivity contribution in [2.45, 2.75) is 19.9 Å². The smallest absolute Gasteiger partial charge is 0.252 e. The minimum absolute atomic E-state index is 0.00380. The minimum atomic E-state index is -0.0296. The zero-order valence-corrected chi connectivity index (χ0v) is 13.1. The van der Waals surface area contributed by atoms with Crippen LogP contribution in [0.3, 0.4) is 0 Å². The van der Waals surface area contributed by atoms with E-state index in [0.29, 0.717) is 0 Å². The van der Waals surface area contributed by atoms with Crippen LogP contribution in [0.2, 0.25) is 0 Å². The van der Waals surface area contributed by atoms with Crippen molar-refractivity contribution in [1.82, 2.24) is 5.32 Å². The predicted molar refractivity (Wildman–Crippen MR) is 86.2 cm³/mol. The summed E-state index contributed by atoms with van der Waals surface area (Å²) in [7, 11) is 0. The maximum atomic E-state index is 12.2. The molecule has 0 saturated carbocycles. The van der Waals surface area contributed by atoms with Gasteiger partial charge in [-0.2, -0.15) is 0 Å². The highest BCUT2D eigenvalue weighted by Crippen LogP contribution is 2.16. The van der Waals surface area contributed by atoms with Crippen molar-refractivity contribution in [1.29, 1.82) is 0 Å². The fourth-order valence-corrected chi connectivity index (χ4v) is 2.49. The number of carbonyl (C=O) groups is 1. The van der Waals surface area contributed by atoms with Gasteiger partial charge in [-0.05, 0) is 54.1 Å². The van der Waals surface area contributed by atoms with E-state index in [1.54, 1.807) is 0 Å². The fourth-order valence-electron chi connectivity index (χ4n) is 1.86. The van der Waals surface area contributed by atoms with E-state index >= 15 is 0 Å². The molecule has 0 aromatic heterocycles. The first kappa shape index (κ1) is 14.1. The van der Waals surface area contributed by atoms with Crippen LogP contribution in [0.5, 0.6) is 0 Å². The van der Waals surface area contributed by atoms with E-state index in [1.807, 2.05) is 31.2 Å². The van der Waals surface area contributed by atoms with Crippen LogP contribution < -0.4 is 5.32 Å². The molecule has 1 atom stereocenters. The van der Waals surface area contributed by atoms with Crippen molar-refractivity contribution < 1.29 is 4.79 Å². The molecule has 1 amide bonds. The number of nitrogens with one attached hydrogen (secondary N) is 1. The lowest BCUT2D eigenvalue weighted by atomic mass is 10.1. The van der Waals surface area contributed by atoms with Crippen LogP contribution in [0.4, 0.5) is 0 Å². The molecule has 0 radical (unpaired) electrons. The maximum absolute atomic E-state index is 12.2. The standard InChI is InChI=1S/C16H16INO/c1-11-7-9-13(10-8-11)12(2)18-16(19)14-5-3-4-6-15(14)17/h3-10,12H,1-2H3,(H,18,19)/t12-/m0/s1. The molecular weight excluding hydrogens is 349 g/mol. The Balaban J connectivity index is 2.11. The van der Waals surface area contributed by atoms with Crippen LogP contribution >= 0.6 is 22.6 Å². The Hall–Kier alpha value is -1.36. The van der Waals surface area contributed by atoms with Crippen molar-refractivity contribution in [2.24, 2.45) is 0 Å². The van der Waals surface area contributed by atoms with Gasteiger partial charge in [-0.25, -0.2) is 0 Å². The molecule has 0 spiro atoms. The Bertz CT molecular complexity index is 578. The van der Waals surface area contributed by atoms with Crippen LogP contribution in [0.15, 0.2) is 48.5 Å². The largest absolute Gasteiger partial charge is 0.345 e. The topological polar surface area (TPSA) is 29.1 Å². The van der Waals surface area contributed by atoms with Crippen molar-refractivity contribution >= 4 is 28.5 Å². The van der Waals surface area contributed by atoms with Crippen molar-refractivity contribution in [3.63, 3.8) is 0 Å². The molecule has 1 N–H and O–H groups in total. The highest BCUT2D eigenvalue weighted by molar-refractivity contribution is 14.1. The average Bonchev–Trinajstić information content (AvgIpc) is 2.39. The zero-order chi connectivity index (χ0) is 13.8. The summed E-state index contributed by atoms with van der Waals surface area (Å²) in [5.41, 5.74) is 3.06. The monoisotopic (exact) mass is 365 g/mol. The summed E-state index contributed by atoms with van der Waals surface area (Å²) in [4.78, 5) is 12.2. The lowest BCUT2D eigenvalue weighted by Gasteiger charge is -2.15. The van der Waals surface area contributed by atoms with Gasteiger partial charge in [0, 0.05) is 3.57 Å². The van der Waals surface area contributed by atoms with Crippen LogP contribution in [-0.4, -0.2) is 5.91 Å². The van der Waals surface area contributed by atoms with E-state index in [-0.39, 0.29) is 11.9 Å². The molecule has 0 bridgehead atoms. The van der Waals surface area contributed by atoms with Crippen LogP contribution in [0.1, 0.15) is 34.5 Å². The van der Waals surface area contributed by atoms with Gasteiger partial charge in [0.15, 0.2) is 0 Å². The first-order chi connectivity index (χ1) is 9.08. The molecule has 0 aliphatic carbocycles. The van der Waals surface area contributed by atoms with Crippen LogP contribution in [-0.2, 0) is 0 Å². The second-order valence-electron chi connectivity index (χ2n) is 4.59. The molecule has 2 aromatic rings. The Labute approximate surface area is 127 Å². The zero-order valence-electron chi connectivity index (χ0n) is 11.0. The lowest BCUT2D eigenvalue weighted by molar-refractivity contribution is 0.0939. The number of halogens is 1. The lowest BCUT2D eigenvalue weighted by Crippen LogP contribution is -2.27. The van der Waals surface area contributed by atoms with Gasteiger partial charge in [0.05, 0.1) is 11.6 Å². The minimum Gasteiger partial charge on any atom is -0.345 e. The highest BCUT2D eigenvalue weighted by atomic mass is 127. The Kier molecular flexibility index (Phi) is 4.58. The summed E-state index contributed by atoms with van der Waals surface area (Å²) in [5, 5.41) is 3.03. The summed E-state index contributed by atoms with van der Waals surface area (Å²) in [6.45, 7) is 4.05. The SMILES string of the molecule is Cc1ccc([C@H](C)NC(=O)c2ccccc2I)cc1. The van der Waals surface area contributed by atoms with Gasteiger partial charge >= 0.3 is 0 Å². The van der Waals surface area contributed by atoms with E-state index in [9.17, 15) is 4.79 Å². The van der Waals surface area contributed by atoms with Gasteiger partial charge in [0.1, 0.15) is 0 Å². The third-order valence-electron chi connectivity index (χ3n) is 3.04. The Morgan fingerprint density at radius 2 is 1.74 bits per heavy atom. The summed E-state index contributed by atoms with van der Waals surface area (Å²) < 4.78 is 0.966. The molecule has 2 rings (SSSR count). The van der Waals surface area contributed by atoms with E-state index in [1.165, 1.54) is 5.56 Å². The number of hydrogen-bond acceptors (Lipinski definition) is 1. The summed E-state index contributed by atoms with van der Waals surface area (Å²) in [6, 6.07) is 15.8. The number of rotatable bonds is 3. The Morgan fingerprint density at radius 3 is 2.37 bits per heavy atom. The highest BCUT2D eigenvalue weighted by Gasteiger charge is 2.13. The van der Waals surface area contributed by atoms with Crippen LogP contribution in [0, 0.1) is 10.5 Å². The second-order valence-corrected chi connectivity index (χ2v) is 5.75. The molecule has 2 aromatic carbocycles. The number of benzene rings is 2. The molecule has 98 valence electrons. The van der Waals surface area contributed by atoms with Gasteiger partial charge in [-0.15, -0.1) is 0 Å². The van der Waals surface area contributed by atoms with E-state index in [4.69, 9.17) is 0 Å². The normalized spacial score (nSPS) is 11.9. The van der Waals surface area contributed by atoms with Crippen LogP contribution in [0.25, 0.3) is 0 Å². The van der Waals surface area contributed by atoms with Crippen molar-refractivity contribution in [2.75, 3.05) is 0 Å². The van der Waals surface area contributed by atoms with Crippen molar-refractivity contribution in [3.8, 4) is 0 Å². The molecule has 0 fully saturated rings. The number of aryl methyl sites for hydroxylation is 1. The molecule has 19 heavy (non-hydrogen) atoms. The first-order valence-electron chi connectivity index (χ1n) is 6.20. The van der Waals surface area contributed by atoms with Gasteiger partial charge < -0.3 is 5.32 Å². The first-order valence-corrected chi connectivity index (χ1v) is 7.28. The van der Waals surface area contributed by atoms with Gasteiger partial charge in [-0.3, -0.25) is 4.79 Å². The number of amides is 1. The maximum Gasteiger partial charge on any atom is 0.252 e. The molecule has 0 unspecified atom stereocenters. The van der Waals surface area contributed by atoms with Gasteiger partial charge in [-0.1, -0.05) is 42.0 Å². The average molecular weight is 365 g/mol. The molecule has 3 heteroatoms. The third kappa shape index (κ3) is 3.56. The molecule has 2 nitrogen and oxygen atoms in total. The van der Waals surface area contributed by atoms with E-state index in [0.717, 1.165) is 14.7 Å². The predicted octanol–water partition coefficient (Wildman–Crippen LogP) is 4.09. The summed E-state index contributed by atoms with van der Waals surface area (Å²) in [5.74, 6) is -0.0296. The van der Waals surface area contributed by atoms with Gasteiger partial charge in [0.25, 0.3) is 5.91 Å². The Morgan fingerprint density at radius 1 is 1.11 bits per heavy atom. The van der Waals surface area contributed by atoms with Gasteiger partial charge in [0.2, 0.25) is 0 Å². The fraction of sp³-hybridized carbons (Fsp3) is 0.188. The molecular formula is C16H16INO. The molecule has 0 saturated heterocycles. The number of hydrogen-bond donors (Lipinski definition) is 1. The summed E-state index contributed by atoms with van der Waals surface area (Å²) in [6.07, 6.45) is 0. The molecule has 0 aliphatic rings. The quantitative estimate of drug-likeness (QED) is 0.816. The number of carbonyl (C=O) groups excluding carboxylic acids is 1.